The zero-order valence-corrected chi connectivity index (χ0v) is 17.8. The molecule has 1 aromatic carbocycles. The Morgan fingerprint density at radius 2 is 1.81 bits per heavy atom. The fourth-order valence-corrected chi connectivity index (χ4v) is 4.57. The van der Waals surface area contributed by atoms with Crippen LogP contribution < -0.4 is 10.0 Å². The lowest BCUT2D eigenvalue weighted by Crippen LogP contribution is -2.40. The standard InChI is InChI=1S/C19H32N4O3S/c1-6-20-16-12-15(18(24)23-9-7-8-22(5)10-11-23)13-17(14-16)27(25,26)21-19(2,3)4/h12-14,20-21H,6-11H2,1-5H3. The molecular formula is C19H32N4O3S. The topological polar surface area (TPSA) is 81.8 Å². The number of hydrogen-bond acceptors (Lipinski definition) is 5. The van der Waals surface area contributed by atoms with Gasteiger partial charge in [-0.2, -0.15) is 0 Å². The van der Waals surface area contributed by atoms with Crippen LogP contribution in [0.5, 0.6) is 0 Å². The van der Waals surface area contributed by atoms with Gasteiger partial charge in [0.1, 0.15) is 0 Å². The molecule has 1 fully saturated rings. The first kappa shape index (κ1) is 21.7. The van der Waals surface area contributed by atoms with Gasteiger partial charge in [0.25, 0.3) is 5.91 Å². The molecule has 0 aliphatic carbocycles. The molecule has 0 saturated carbocycles. The van der Waals surface area contributed by atoms with E-state index in [4.69, 9.17) is 0 Å². The normalized spacial score (nSPS) is 16.9. The Morgan fingerprint density at radius 3 is 2.44 bits per heavy atom. The lowest BCUT2D eigenvalue weighted by Gasteiger charge is -2.23. The predicted molar refractivity (Wildman–Crippen MR) is 109 cm³/mol. The summed E-state index contributed by atoms with van der Waals surface area (Å²) in [6.45, 7) is 11.0. The summed E-state index contributed by atoms with van der Waals surface area (Å²) in [5.74, 6) is -0.128. The number of rotatable bonds is 5. The van der Waals surface area contributed by atoms with Gasteiger partial charge >= 0.3 is 0 Å². The first-order chi connectivity index (χ1) is 12.5. The van der Waals surface area contributed by atoms with Crippen molar-refractivity contribution in [1.29, 1.82) is 0 Å². The molecule has 1 heterocycles. The average Bonchev–Trinajstić information content (AvgIpc) is 2.76. The molecule has 1 aliphatic rings. The van der Waals surface area contributed by atoms with E-state index in [1.807, 2.05) is 18.9 Å². The van der Waals surface area contributed by atoms with Crippen molar-refractivity contribution in [2.45, 2.75) is 44.6 Å². The minimum Gasteiger partial charge on any atom is -0.385 e. The first-order valence-electron chi connectivity index (χ1n) is 9.42. The second kappa shape index (κ2) is 8.58. The Hall–Kier alpha value is -1.64. The number of likely N-dealkylation sites (N-methyl/N-ethyl adjacent to an activating group) is 1. The fourth-order valence-electron chi connectivity index (χ4n) is 3.08. The third kappa shape index (κ3) is 6.19. The monoisotopic (exact) mass is 396 g/mol. The largest absolute Gasteiger partial charge is 0.385 e. The van der Waals surface area contributed by atoms with E-state index in [-0.39, 0.29) is 10.8 Å². The van der Waals surface area contributed by atoms with Gasteiger partial charge in [0.2, 0.25) is 10.0 Å². The third-order valence-corrected chi connectivity index (χ3v) is 6.03. The maximum Gasteiger partial charge on any atom is 0.254 e. The van der Waals surface area contributed by atoms with Gasteiger partial charge in [0.15, 0.2) is 0 Å². The second-order valence-electron chi connectivity index (χ2n) is 8.08. The van der Waals surface area contributed by atoms with Gasteiger partial charge in [-0.25, -0.2) is 13.1 Å². The molecule has 1 aromatic rings. The van der Waals surface area contributed by atoms with E-state index < -0.39 is 15.6 Å². The highest BCUT2D eigenvalue weighted by Gasteiger charge is 2.25. The van der Waals surface area contributed by atoms with E-state index in [9.17, 15) is 13.2 Å². The number of amides is 1. The molecule has 1 saturated heterocycles. The first-order valence-corrected chi connectivity index (χ1v) is 10.9. The highest BCUT2D eigenvalue weighted by molar-refractivity contribution is 7.89. The van der Waals surface area contributed by atoms with Crippen molar-refractivity contribution in [1.82, 2.24) is 14.5 Å². The fraction of sp³-hybridized carbons (Fsp3) is 0.632. The Bertz CT molecular complexity index is 772. The molecule has 0 bridgehead atoms. The van der Waals surface area contributed by atoms with Crippen LogP contribution in [-0.2, 0) is 10.0 Å². The van der Waals surface area contributed by atoms with Crippen molar-refractivity contribution in [3.05, 3.63) is 23.8 Å². The minimum absolute atomic E-state index is 0.103. The van der Waals surface area contributed by atoms with Crippen LogP contribution in [0, 0.1) is 0 Å². The number of benzene rings is 1. The van der Waals surface area contributed by atoms with E-state index in [1.165, 1.54) is 6.07 Å². The van der Waals surface area contributed by atoms with Crippen LogP contribution in [0.2, 0.25) is 0 Å². The predicted octanol–water partition coefficient (Wildman–Crippen LogP) is 1.97. The van der Waals surface area contributed by atoms with Crippen LogP contribution in [0.25, 0.3) is 0 Å². The summed E-state index contributed by atoms with van der Waals surface area (Å²) >= 11 is 0. The lowest BCUT2D eigenvalue weighted by molar-refractivity contribution is 0.0762. The number of anilines is 1. The van der Waals surface area contributed by atoms with Crippen LogP contribution in [0.4, 0.5) is 5.69 Å². The van der Waals surface area contributed by atoms with Gasteiger partial charge in [0.05, 0.1) is 4.90 Å². The zero-order chi connectivity index (χ0) is 20.2. The summed E-state index contributed by atoms with van der Waals surface area (Å²) in [7, 11) is -1.69. The van der Waals surface area contributed by atoms with E-state index in [0.29, 0.717) is 30.9 Å². The molecule has 1 amide bonds. The smallest absolute Gasteiger partial charge is 0.254 e. The van der Waals surface area contributed by atoms with Gasteiger partial charge in [-0.3, -0.25) is 4.79 Å². The summed E-state index contributed by atoms with van der Waals surface area (Å²) < 4.78 is 28.2. The van der Waals surface area contributed by atoms with E-state index in [2.05, 4.69) is 14.9 Å². The minimum atomic E-state index is -3.73. The molecule has 27 heavy (non-hydrogen) atoms. The Labute approximate surface area is 163 Å². The maximum absolute atomic E-state index is 13.0. The van der Waals surface area contributed by atoms with Gasteiger partial charge in [0, 0.05) is 43.0 Å². The molecule has 2 N–H and O–H groups in total. The van der Waals surface area contributed by atoms with Crippen molar-refractivity contribution in [3.8, 4) is 0 Å². The summed E-state index contributed by atoms with van der Waals surface area (Å²) in [6, 6.07) is 4.78. The van der Waals surface area contributed by atoms with Crippen molar-refractivity contribution < 1.29 is 13.2 Å². The van der Waals surface area contributed by atoms with Gasteiger partial charge in [-0.1, -0.05) is 0 Å². The summed E-state index contributed by atoms with van der Waals surface area (Å²) in [4.78, 5) is 17.2. The highest BCUT2D eigenvalue weighted by Crippen LogP contribution is 2.22. The van der Waals surface area contributed by atoms with E-state index >= 15 is 0 Å². The molecule has 2 rings (SSSR count). The lowest BCUT2D eigenvalue weighted by atomic mass is 10.1. The zero-order valence-electron chi connectivity index (χ0n) is 17.0. The van der Waals surface area contributed by atoms with Crippen LogP contribution in [-0.4, -0.2) is 69.4 Å². The summed E-state index contributed by atoms with van der Waals surface area (Å²) in [5, 5.41) is 3.13. The highest BCUT2D eigenvalue weighted by atomic mass is 32.2. The SMILES string of the molecule is CCNc1cc(C(=O)N2CCCN(C)CC2)cc(S(=O)(=O)NC(C)(C)C)c1. The average molecular weight is 397 g/mol. The van der Waals surface area contributed by atoms with Crippen molar-refractivity contribution >= 4 is 21.6 Å². The Morgan fingerprint density at radius 1 is 1.11 bits per heavy atom. The van der Waals surface area contributed by atoms with Gasteiger partial charge < -0.3 is 15.1 Å². The molecule has 0 unspecified atom stereocenters. The Balaban J connectivity index is 2.38. The maximum atomic E-state index is 13.0. The number of carbonyl (C=O) groups is 1. The number of carbonyl (C=O) groups excluding carboxylic acids is 1. The van der Waals surface area contributed by atoms with E-state index in [0.717, 1.165) is 19.5 Å². The second-order valence-corrected chi connectivity index (χ2v) is 9.76. The molecular weight excluding hydrogens is 364 g/mol. The Kier molecular flexibility index (Phi) is 6.88. The molecule has 7 nitrogen and oxygen atoms in total. The molecule has 0 radical (unpaired) electrons. The number of hydrogen-bond donors (Lipinski definition) is 2. The molecule has 0 spiro atoms. The van der Waals surface area contributed by atoms with Crippen molar-refractivity contribution in [2.75, 3.05) is 45.1 Å². The van der Waals surface area contributed by atoms with Gasteiger partial charge in [-0.15, -0.1) is 0 Å². The summed E-state index contributed by atoms with van der Waals surface area (Å²) in [6.07, 6.45) is 0.909. The third-order valence-electron chi connectivity index (χ3n) is 4.29. The number of nitrogens with one attached hydrogen (secondary N) is 2. The molecule has 0 aromatic heterocycles. The van der Waals surface area contributed by atoms with Crippen molar-refractivity contribution in [3.63, 3.8) is 0 Å². The molecule has 1 aliphatic heterocycles. The molecule has 152 valence electrons. The molecule has 8 heteroatoms. The number of nitrogens with zero attached hydrogens (tertiary/aromatic N) is 2. The van der Waals surface area contributed by atoms with Crippen LogP contribution in [0.15, 0.2) is 23.1 Å². The quantitative estimate of drug-likeness (QED) is 0.795. The van der Waals surface area contributed by atoms with Crippen molar-refractivity contribution in [2.24, 2.45) is 0 Å². The van der Waals surface area contributed by atoms with E-state index in [1.54, 1.807) is 32.9 Å². The number of sulfonamides is 1. The van der Waals surface area contributed by atoms with Crippen LogP contribution >= 0.6 is 0 Å². The summed E-state index contributed by atoms with van der Waals surface area (Å²) in [5.41, 5.74) is 0.420. The van der Waals surface area contributed by atoms with Crippen LogP contribution in [0.1, 0.15) is 44.5 Å². The van der Waals surface area contributed by atoms with Gasteiger partial charge in [-0.05, 0) is 65.9 Å². The molecule has 0 atom stereocenters. The van der Waals surface area contributed by atoms with Crippen LogP contribution in [0.3, 0.4) is 0 Å².